The third kappa shape index (κ3) is 1.36. The van der Waals surface area contributed by atoms with Gasteiger partial charge in [-0.15, -0.1) is 0 Å². The lowest BCUT2D eigenvalue weighted by Gasteiger charge is -2.20. The summed E-state index contributed by atoms with van der Waals surface area (Å²) in [5.41, 5.74) is 3.97. The van der Waals surface area contributed by atoms with Gasteiger partial charge in [0.15, 0.2) is 0 Å². The minimum absolute atomic E-state index is 0.826. The van der Waals surface area contributed by atoms with E-state index in [9.17, 15) is 0 Å². The Morgan fingerprint density at radius 3 is 3.08 bits per heavy atom. The van der Waals surface area contributed by atoms with Crippen LogP contribution in [0.2, 0.25) is 0 Å². The Hall–Kier alpha value is -0.850. The predicted octanol–water partition coefficient (Wildman–Crippen LogP) is 2.51. The number of fused-ring (bicyclic) bond motifs is 1. The van der Waals surface area contributed by atoms with Gasteiger partial charge in [-0.2, -0.15) is 0 Å². The number of hydrogen-bond donors (Lipinski definition) is 0. The summed E-state index contributed by atoms with van der Waals surface area (Å²) < 4.78 is 0. The maximum atomic E-state index is 4.56. The normalized spacial score (nSPS) is 22.0. The summed E-state index contributed by atoms with van der Waals surface area (Å²) in [7, 11) is 0. The lowest BCUT2D eigenvalue weighted by Crippen LogP contribution is -2.13. The van der Waals surface area contributed by atoms with Crippen molar-refractivity contribution in [2.45, 2.75) is 33.1 Å². The predicted molar refractivity (Wildman–Crippen MR) is 50.2 cm³/mol. The van der Waals surface area contributed by atoms with Crippen molar-refractivity contribution in [3.05, 3.63) is 29.1 Å². The first-order chi connectivity index (χ1) is 5.75. The van der Waals surface area contributed by atoms with Gasteiger partial charge in [0.25, 0.3) is 0 Å². The van der Waals surface area contributed by atoms with Gasteiger partial charge in [0.05, 0.1) is 0 Å². The molecular formula is C11H15N. The van der Waals surface area contributed by atoms with Crippen molar-refractivity contribution in [1.29, 1.82) is 0 Å². The summed E-state index contributed by atoms with van der Waals surface area (Å²) >= 11 is 0. The number of aromatic nitrogens is 1. The molecule has 1 atom stereocenters. The Labute approximate surface area is 73.8 Å². The van der Waals surface area contributed by atoms with Gasteiger partial charge in [0.1, 0.15) is 0 Å². The molecule has 0 radical (unpaired) electrons. The molecule has 1 heteroatoms. The molecule has 1 aliphatic rings. The van der Waals surface area contributed by atoms with Crippen molar-refractivity contribution in [2.24, 2.45) is 5.92 Å². The standard InChI is InChI=1S/C11H15N/c1-8-3-5-10-6-4-9(2)12-11(10)7-8/h4,6,8H,3,5,7H2,1-2H3. The zero-order valence-corrected chi connectivity index (χ0v) is 7.80. The summed E-state index contributed by atoms with van der Waals surface area (Å²) in [5, 5.41) is 0. The molecule has 1 aromatic heterocycles. The van der Waals surface area contributed by atoms with Crippen molar-refractivity contribution in [1.82, 2.24) is 4.98 Å². The van der Waals surface area contributed by atoms with E-state index in [1.54, 1.807) is 0 Å². The molecule has 0 bridgehead atoms. The van der Waals surface area contributed by atoms with Crippen LogP contribution in [0, 0.1) is 12.8 Å². The van der Waals surface area contributed by atoms with E-state index >= 15 is 0 Å². The van der Waals surface area contributed by atoms with Crippen LogP contribution >= 0.6 is 0 Å². The summed E-state index contributed by atoms with van der Waals surface area (Å²) in [4.78, 5) is 4.56. The molecule has 0 amide bonds. The molecule has 2 rings (SSSR count). The van der Waals surface area contributed by atoms with Crippen LogP contribution in [0.5, 0.6) is 0 Å². The number of pyridine rings is 1. The molecule has 0 aromatic carbocycles. The minimum Gasteiger partial charge on any atom is -0.258 e. The maximum Gasteiger partial charge on any atom is 0.0441 e. The first-order valence-electron chi connectivity index (χ1n) is 4.71. The average molecular weight is 161 g/mol. The Bertz CT molecular complexity index is 291. The number of rotatable bonds is 0. The Balaban J connectivity index is 2.37. The van der Waals surface area contributed by atoms with Crippen LogP contribution in [0.1, 0.15) is 30.3 Å². The highest BCUT2D eigenvalue weighted by atomic mass is 14.7. The van der Waals surface area contributed by atoms with E-state index in [-0.39, 0.29) is 0 Å². The molecule has 0 saturated heterocycles. The topological polar surface area (TPSA) is 12.9 Å². The summed E-state index contributed by atoms with van der Waals surface area (Å²) in [6.07, 6.45) is 3.73. The monoisotopic (exact) mass is 161 g/mol. The van der Waals surface area contributed by atoms with Gasteiger partial charge in [-0.3, -0.25) is 4.98 Å². The van der Waals surface area contributed by atoms with Crippen LogP contribution in [0.25, 0.3) is 0 Å². The van der Waals surface area contributed by atoms with Crippen LogP contribution in [0.3, 0.4) is 0 Å². The first kappa shape index (κ1) is 7.78. The maximum absolute atomic E-state index is 4.56. The molecule has 0 saturated carbocycles. The largest absolute Gasteiger partial charge is 0.258 e. The average Bonchev–Trinajstić information content (AvgIpc) is 2.03. The van der Waals surface area contributed by atoms with E-state index in [4.69, 9.17) is 0 Å². The Morgan fingerprint density at radius 2 is 2.25 bits per heavy atom. The van der Waals surface area contributed by atoms with E-state index in [1.807, 2.05) is 0 Å². The zero-order chi connectivity index (χ0) is 8.55. The smallest absolute Gasteiger partial charge is 0.0441 e. The van der Waals surface area contributed by atoms with Crippen molar-refractivity contribution >= 4 is 0 Å². The third-order valence-electron chi connectivity index (χ3n) is 2.66. The first-order valence-corrected chi connectivity index (χ1v) is 4.71. The van der Waals surface area contributed by atoms with Crippen molar-refractivity contribution < 1.29 is 0 Å². The van der Waals surface area contributed by atoms with Crippen LogP contribution in [-0.4, -0.2) is 4.98 Å². The zero-order valence-electron chi connectivity index (χ0n) is 7.80. The van der Waals surface area contributed by atoms with Crippen molar-refractivity contribution in [3.63, 3.8) is 0 Å². The molecule has 1 aromatic rings. The fourth-order valence-electron chi connectivity index (χ4n) is 1.88. The van der Waals surface area contributed by atoms with Crippen LogP contribution in [0.4, 0.5) is 0 Å². The Kier molecular flexibility index (Phi) is 1.87. The SMILES string of the molecule is Cc1ccc2c(n1)CC(C)CC2. The number of aryl methyl sites for hydroxylation is 2. The van der Waals surface area contributed by atoms with Crippen molar-refractivity contribution in [2.75, 3.05) is 0 Å². The van der Waals surface area contributed by atoms with Crippen molar-refractivity contribution in [3.8, 4) is 0 Å². The quantitative estimate of drug-likeness (QED) is 0.569. The highest BCUT2D eigenvalue weighted by Crippen LogP contribution is 2.23. The van der Waals surface area contributed by atoms with E-state index in [0.29, 0.717) is 0 Å². The summed E-state index contributed by atoms with van der Waals surface area (Å²) in [5.74, 6) is 0.826. The van der Waals surface area contributed by atoms with Gasteiger partial charge in [-0.05, 0) is 43.7 Å². The van der Waals surface area contributed by atoms with Crippen LogP contribution in [-0.2, 0) is 12.8 Å². The number of hydrogen-bond acceptors (Lipinski definition) is 1. The van der Waals surface area contributed by atoms with Crippen LogP contribution in [0.15, 0.2) is 12.1 Å². The molecule has 64 valence electrons. The second-order valence-corrected chi connectivity index (χ2v) is 3.91. The molecule has 0 spiro atoms. The Morgan fingerprint density at radius 1 is 1.42 bits per heavy atom. The molecule has 0 aliphatic heterocycles. The third-order valence-corrected chi connectivity index (χ3v) is 2.66. The highest BCUT2D eigenvalue weighted by Gasteiger charge is 2.15. The van der Waals surface area contributed by atoms with Gasteiger partial charge in [0, 0.05) is 11.4 Å². The molecule has 0 fully saturated rings. The molecule has 12 heavy (non-hydrogen) atoms. The summed E-state index contributed by atoms with van der Waals surface area (Å²) in [6, 6.07) is 4.36. The molecule has 1 heterocycles. The fourth-order valence-corrected chi connectivity index (χ4v) is 1.88. The molecular weight excluding hydrogens is 146 g/mol. The lowest BCUT2D eigenvalue weighted by atomic mass is 9.88. The summed E-state index contributed by atoms with van der Waals surface area (Å²) in [6.45, 7) is 4.38. The lowest BCUT2D eigenvalue weighted by molar-refractivity contribution is 0.491. The number of nitrogens with zero attached hydrogens (tertiary/aromatic N) is 1. The minimum atomic E-state index is 0.826. The van der Waals surface area contributed by atoms with Gasteiger partial charge < -0.3 is 0 Å². The van der Waals surface area contributed by atoms with E-state index < -0.39 is 0 Å². The molecule has 1 nitrogen and oxygen atoms in total. The molecule has 1 aliphatic carbocycles. The van der Waals surface area contributed by atoms with Gasteiger partial charge in [-0.25, -0.2) is 0 Å². The van der Waals surface area contributed by atoms with Crippen LogP contribution < -0.4 is 0 Å². The molecule has 0 N–H and O–H groups in total. The van der Waals surface area contributed by atoms with E-state index in [0.717, 1.165) is 11.6 Å². The second kappa shape index (κ2) is 2.89. The van der Waals surface area contributed by atoms with Gasteiger partial charge in [-0.1, -0.05) is 13.0 Å². The van der Waals surface area contributed by atoms with Gasteiger partial charge in [0.2, 0.25) is 0 Å². The molecule has 1 unspecified atom stereocenters. The van der Waals surface area contributed by atoms with Gasteiger partial charge >= 0.3 is 0 Å². The van der Waals surface area contributed by atoms with E-state index in [2.05, 4.69) is 31.0 Å². The second-order valence-electron chi connectivity index (χ2n) is 3.91. The van der Waals surface area contributed by atoms with E-state index in [1.165, 1.54) is 30.5 Å². The fraction of sp³-hybridized carbons (Fsp3) is 0.545. The highest BCUT2D eigenvalue weighted by molar-refractivity contribution is 5.25.